The third kappa shape index (κ3) is 7.43. The molecule has 0 aliphatic rings. The highest BCUT2D eigenvalue weighted by Gasteiger charge is 1.97. The van der Waals surface area contributed by atoms with Crippen molar-refractivity contribution in [3.05, 3.63) is 29.8 Å². The molecule has 0 spiro atoms. The lowest BCUT2D eigenvalue weighted by Crippen LogP contribution is -2.12. The topological polar surface area (TPSA) is 77.6 Å². The Morgan fingerprint density at radius 2 is 1.84 bits per heavy atom. The monoisotopic (exact) mass is 266 g/mol. The van der Waals surface area contributed by atoms with Crippen molar-refractivity contribution < 1.29 is 14.2 Å². The Morgan fingerprint density at radius 1 is 1.11 bits per heavy atom. The summed E-state index contributed by atoms with van der Waals surface area (Å²) in [5.74, 6) is 0.992. The first kappa shape index (κ1) is 15.5. The van der Waals surface area contributed by atoms with Gasteiger partial charge in [0.15, 0.2) is 0 Å². The lowest BCUT2D eigenvalue weighted by Gasteiger charge is -2.07. The number of benzene rings is 1. The number of amidine groups is 1. The van der Waals surface area contributed by atoms with Gasteiger partial charge < -0.3 is 19.9 Å². The molecule has 0 heterocycles. The standard InChI is InChI=1S/C14H22N2O3/c1-17-9-10-18-7-2-8-19-13-5-3-12(4-6-13)11-14(15)16/h3-6H,2,7-11H2,1H3,(H3,15,16). The Hall–Kier alpha value is -1.59. The Labute approximate surface area is 114 Å². The van der Waals surface area contributed by atoms with E-state index >= 15 is 0 Å². The summed E-state index contributed by atoms with van der Waals surface area (Å²) in [5.41, 5.74) is 6.36. The SMILES string of the molecule is COCCOCCCOc1ccc(CC(=N)N)cc1. The van der Waals surface area contributed by atoms with Crippen LogP contribution in [0.4, 0.5) is 0 Å². The molecule has 106 valence electrons. The molecular formula is C14H22N2O3. The Kier molecular flexibility index (Phi) is 7.62. The van der Waals surface area contributed by atoms with Crippen molar-refractivity contribution in [3.8, 4) is 5.75 Å². The third-order valence-electron chi connectivity index (χ3n) is 2.45. The van der Waals surface area contributed by atoms with Gasteiger partial charge in [-0.2, -0.15) is 0 Å². The molecule has 0 radical (unpaired) electrons. The zero-order valence-corrected chi connectivity index (χ0v) is 11.4. The summed E-state index contributed by atoms with van der Waals surface area (Å²) in [7, 11) is 1.65. The van der Waals surface area contributed by atoms with E-state index in [9.17, 15) is 0 Å². The van der Waals surface area contributed by atoms with Crippen LogP contribution in [0.2, 0.25) is 0 Å². The highest BCUT2D eigenvalue weighted by atomic mass is 16.5. The lowest BCUT2D eigenvalue weighted by atomic mass is 10.1. The van der Waals surface area contributed by atoms with Crippen molar-refractivity contribution in [2.24, 2.45) is 5.73 Å². The number of methoxy groups -OCH3 is 1. The number of nitrogens with one attached hydrogen (secondary N) is 1. The van der Waals surface area contributed by atoms with Crippen LogP contribution in [0.5, 0.6) is 5.75 Å². The average Bonchev–Trinajstić information content (AvgIpc) is 2.39. The number of hydrogen-bond acceptors (Lipinski definition) is 4. The van der Waals surface area contributed by atoms with Crippen molar-refractivity contribution in [1.29, 1.82) is 5.41 Å². The molecule has 19 heavy (non-hydrogen) atoms. The van der Waals surface area contributed by atoms with Gasteiger partial charge in [0.1, 0.15) is 5.75 Å². The summed E-state index contributed by atoms with van der Waals surface area (Å²) in [6.07, 6.45) is 1.33. The van der Waals surface area contributed by atoms with Gasteiger partial charge in [-0.1, -0.05) is 12.1 Å². The van der Waals surface area contributed by atoms with Crippen LogP contribution in [0.3, 0.4) is 0 Å². The predicted octanol–water partition coefficient (Wildman–Crippen LogP) is 1.60. The summed E-state index contributed by atoms with van der Waals surface area (Å²) < 4.78 is 15.8. The van der Waals surface area contributed by atoms with E-state index in [-0.39, 0.29) is 5.84 Å². The molecule has 0 amide bonds. The van der Waals surface area contributed by atoms with Crippen molar-refractivity contribution >= 4 is 5.84 Å². The van der Waals surface area contributed by atoms with Gasteiger partial charge in [0.2, 0.25) is 0 Å². The zero-order valence-electron chi connectivity index (χ0n) is 11.4. The second-order valence-electron chi connectivity index (χ2n) is 4.15. The molecule has 0 bridgehead atoms. The van der Waals surface area contributed by atoms with Crippen LogP contribution in [0.25, 0.3) is 0 Å². The van der Waals surface area contributed by atoms with E-state index in [1.807, 2.05) is 24.3 Å². The molecule has 0 atom stereocenters. The molecule has 0 saturated heterocycles. The van der Waals surface area contributed by atoms with Crippen LogP contribution in [-0.2, 0) is 15.9 Å². The van der Waals surface area contributed by atoms with E-state index in [1.165, 1.54) is 0 Å². The summed E-state index contributed by atoms with van der Waals surface area (Å²) in [6.45, 7) is 2.54. The maximum absolute atomic E-state index is 7.21. The van der Waals surface area contributed by atoms with Crippen molar-refractivity contribution in [2.45, 2.75) is 12.8 Å². The number of nitrogens with two attached hydrogens (primary N) is 1. The number of rotatable bonds is 10. The number of ether oxygens (including phenoxy) is 3. The minimum atomic E-state index is 0.168. The molecule has 0 saturated carbocycles. The summed E-state index contributed by atoms with van der Waals surface area (Å²) in [5, 5.41) is 7.21. The highest BCUT2D eigenvalue weighted by Crippen LogP contribution is 2.12. The van der Waals surface area contributed by atoms with Crippen LogP contribution in [0.15, 0.2) is 24.3 Å². The predicted molar refractivity (Wildman–Crippen MR) is 74.9 cm³/mol. The van der Waals surface area contributed by atoms with Gasteiger partial charge in [-0.15, -0.1) is 0 Å². The van der Waals surface area contributed by atoms with Crippen LogP contribution in [-0.4, -0.2) is 39.4 Å². The number of hydrogen-bond donors (Lipinski definition) is 2. The molecule has 1 rings (SSSR count). The average molecular weight is 266 g/mol. The fraction of sp³-hybridized carbons (Fsp3) is 0.500. The van der Waals surface area contributed by atoms with Gasteiger partial charge >= 0.3 is 0 Å². The van der Waals surface area contributed by atoms with Gasteiger partial charge in [-0.25, -0.2) is 0 Å². The lowest BCUT2D eigenvalue weighted by molar-refractivity contribution is 0.0644. The second kappa shape index (κ2) is 9.35. The molecular weight excluding hydrogens is 244 g/mol. The van der Waals surface area contributed by atoms with Gasteiger partial charge in [-0.3, -0.25) is 5.41 Å². The second-order valence-corrected chi connectivity index (χ2v) is 4.15. The van der Waals surface area contributed by atoms with E-state index in [0.717, 1.165) is 17.7 Å². The maximum Gasteiger partial charge on any atom is 0.119 e. The first-order valence-corrected chi connectivity index (χ1v) is 6.33. The molecule has 0 fully saturated rings. The smallest absolute Gasteiger partial charge is 0.119 e. The minimum absolute atomic E-state index is 0.168. The minimum Gasteiger partial charge on any atom is -0.494 e. The molecule has 0 aliphatic heterocycles. The van der Waals surface area contributed by atoms with Crippen LogP contribution in [0.1, 0.15) is 12.0 Å². The van der Waals surface area contributed by atoms with Gasteiger partial charge in [0.25, 0.3) is 0 Å². The summed E-state index contributed by atoms with van der Waals surface area (Å²) in [4.78, 5) is 0. The fourth-order valence-electron chi connectivity index (χ4n) is 1.52. The zero-order chi connectivity index (χ0) is 13.9. The van der Waals surface area contributed by atoms with E-state index in [4.69, 9.17) is 25.4 Å². The first-order chi connectivity index (χ1) is 9.22. The summed E-state index contributed by atoms with van der Waals surface area (Å²) in [6, 6.07) is 7.63. The normalized spacial score (nSPS) is 10.4. The fourth-order valence-corrected chi connectivity index (χ4v) is 1.52. The molecule has 5 nitrogen and oxygen atoms in total. The van der Waals surface area contributed by atoms with E-state index in [1.54, 1.807) is 7.11 Å². The largest absolute Gasteiger partial charge is 0.494 e. The van der Waals surface area contributed by atoms with Crippen molar-refractivity contribution in [2.75, 3.05) is 33.5 Å². The van der Waals surface area contributed by atoms with Crippen molar-refractivity contribution in [1.82, 2.24) is 0 Å². The third-order valence-corrected chi connectivity index (χ3v) is 2.45. The molecule has 3 N–H and O–H groups in total. The Balaban J connectivity index is 2.14. The van der Waals surface area contributed by atoms with E-state index in [0.29, 0.717) is 32.8 Å². The molecule has 1 aromatic rings. The van der Waals surface area contributed by atoms with Crippen LogP contribution in [0, 0.1) is 5.41 Å². The Bertz CT molecular complexity index is 365. The molecule has 1 aromatic carbocycles. The van der Waals surface area contributed by atoms with E-state index < -0.39 is 0 Å². The Morgan fingerprint density at radius 3 is 2.47 bits per heavy atom. The maximum atomic E-state index is 7.21. The van der Waals surface area contributed by atoms with Gasteiger partial charge in [0, 0.05) is 26.6 Å². The van der Waals surface area contributed by atoms with Crippen LogP contribution >= 0.6 is 0 Å². The van der Waals surface area contributed by atoms with Crippen molar-refractivity contribution in [3.63, 3.8) is 0 Å². The van der Waals surface area contributed by atoms with E-state index in [2.05, 4.69) is 0 Å². The highest BCUT2D eigenvalue weighted by molar-refractivity contribution is 5.79. The first-order valence-electron chi connectivity index (χ1n) is 6.33. The molecule has 0 aromatic heterocycles. The molecule has 0 aliphatic carbocycles. The quantitative estimate of drug-likeness (QED) is 0.383. The summed E-state index contributed by atoms with van der Waals surface area (Å²) >= 11 is 0. The van der Waals surface area contributed by atoms with Gasteiger partial charge in [0.05, 0.1) is 25.7 Å². The van der Waals surface area contributed by atoms with Crippen LogP contribution < -0.4 is 10.5 Å². The molecule has 0 unspecified atom stereocenters. The molecule has 5 heteroatoms. The van der Waals surface area contributed by atoms with Gasteiger partial charge in [-0.05, 0) is 17.7 Å².